The highest BCUT2D eigenvalue weighted by molar-refractivity contribution is 6.17. The normalized spacial score (nSPS) is 32.9. The lowest BCUT2D eigenvalue weighted by Crippen LogP contribution is -2.38. The van der Waals surface area contributed by atoms with Crippen LogP contribution >= 0.6 is 0 Å². The maximum absolute atomic E-state index is 12.7. The van der Waals surface area contributed by atoms with Crippen LogP contribution in [0.2, 0.25) is 0 Å². The topological polar surface area (TPSA) is 37.4 Å². The fourth-order valence-corrected chi connectivity index (χ4v) is 1.65. The van der Waals surface area contributed by atoms with Crippen LogP contribution in [-0.4, -0.2) is 30.1 Å². The molecule has 1 atom stereocenters. The van der Waals surface area contributed by atoms with Gasteiger partial charge in [-0.05, 0) is 6.37 Å². The number of terminal acetylenes is 1. The van der Waals surface area contributed by atoms with E-state index in [-0.39, 0.29) is 5.56 Å². The van der Waals surface area contributed by atoms with Gasteiger partial charge in [-0.15, -0.1) is 6.42 Å². The average Bonchev–Trinajstić information content (AvgIpc) is 2.56. The molecule has 2 rings (SSSR count). The first-order chi connectivity index (χ1) is 9.64. The summed E-state index contributed by atoms with van der Waals surface area (Å²) < 4.78 is 31.6. The van der Waals surface area contributed by atoms with Crippen LogP contribution in [0.5, 0.6) is 0 Å². The molecule has 3 nitrogen and oxygen atoms in total. The van der Waals surface area contributed by atoms with Gasteiger partial charge in [-0.25, -0.2) is 0 Å². The molecule has 0 radical (unpaired) electrons. The third kappa shape index (κ3) is 1.62. The van der Waals surface area contributed by atoms with Gasteiger partial charge in [0.15, 0.2) is 11.2 Å². The molecule has 1 fully saturated rings. The highest BCUT2D eigenvalue weighted by atomic mass is 16.2. The molecule has 3 heteroatoms. The summed E-state index contributed by atoms with van der Waals surface area (Å²) in [5.41, 5.74) is -2.44. The second-order valence-electron chi connectivity index (χ2n) is 3.69. The van der Waals surface area contributed by atoms with E-state index in [1.165, 1.54) is 12.1 Å². The summed E-state index contributed by atoms with van der Waals surface area (Å²) >= 11 is 0. The van der Waals surface area contributed by atoms with Gasteiger partial charge in [-0.1, -0.05) is 36.3 Å². The molecule has 1 amide bonds. The first-order valence-corrected chi connectivity index (χ1v) is 5.00. The Morgan fingerprint density at radius 2 is 2.18 bits per heavy atom. The van der Waals surface area contributed by atoms with E-state index >= 15 is 0 Å². The number of likely N-dealkylation sites (tertiary alicyclic amines) is 1. The number of nitrogens with zero attached hydrogens (tertiary/aromatic N) is 1. The lowest BCUT2D eigenvalue weighted by atomic mass is 9.79. The quantitative estimate of drug-likeness (QED) is 0.438. The molecular formula is C14H13NO2. The summed E-state index contributed by atoms with van der Waals surface area (Å²) in [5, 5.41) is 0. The van der Waals surface area contributed by atoms with Crippen molar-refractivity contribution in [2.24, 2.45) is 5.41 Å². The van der Waals surface area contributed by atoms with Gasteiger partial charge in [-0.3, -0.25) is 9.59 Å². The van der Waals surface area contributed by atoms with E-state index in [9.17, 15) is 9.59 Å². The minimum Gasteiger partial charge on any atom is -0.344 e. The minimum absolute atomic E-state index is 0.0683. The molecule has 0 aliphatic carbocycles. The highest BCUT2D eigenvalue weighted by Gasteiger charge is 2.50. The summed E-state index contributed by atoms with van der Waals surface area (Å²) in [6.45, 7) is -2.68. The van der Waals surface area contributed by atoms with E-state index in [0.717, 1.165) is 7.05 Å². The van der Waals surface area contributed by atoms with Crippen LogP contribution in [0.4, 0.5) is 0 Å². The minimum atomic E-state index is -2.85. The predicted octanol–water partition coefficient (Wildman–Crippen LogP) is 1.35. The molecule has 17 heavy (non-hydrogen) atoms. The fraction of sp³-hybridized carbons (Fsp3) is 0.286. The Bertz CT molecular complexity index is 651. The van der Waals surface area contributed by atoms with Crippen molar-refractivity contribution in [2.45, 2.75) is 6.37 Å². The Labute approximate surface area is 106 Å². The van der Waals surface area contributed by atoms with Gasteiger partial charge >= 0.3 is 0 Å². The van der Waals surface area contributed by atoms with Crippen molar-refractivity contribution in [3.8, 4) is 12.3 Å². The van der Waals surface area contributed by atoms with Crippen LogP contribution in [0.15, 0.2) is 30.3 Å². The zero-order valence-corrected chi connectivity index (χ0v) is 9.23. The number of rotatable bonds is 2. The summed E-state index contributed by atoms with van der Waals surface area (Å²) in [7, 11) is 1.09. The van der Waals surface area contributed by atoms with Crippen molar-refractivity contribution in [1.29, 1.82) is 0 Å². The first-order valence-electron chi connectivity index (χ1n) is 7.00. The van der Waals surface area contributed by atoms with Gasteiger partial charge < -0.3 is 4.90 Å². The summed E-state index contributed by atoms with van der Waals surface area (Å²) in [5.74, 6) is -0.00984. The molecule has 0 aromatic heterocycles. The number of Topliss-reactive ketones (excluding diaryl/α,β-unsaturated/α-hetero) is 1. The molecule has 0 spiro atoms. The maximum atomic E-state index is 12.7. The largest absolute Gasteiger partial charge is 0.344 e. The van der Waals surface area contributed by atoms with Crippen LogP contribution in [0.1, 0.15) is 22.2 Å². The van der Waals surface area contributed by atoms with Crippen molar-refractivity contribution in [3.63, 3.8) is 0 Å². The van der Waals surface area contributed by atoms with Crippen LogP contribution in [0.3, 0.4) is 0 Å². The van der Waals surface area contributed by atoms with E-state index in [2.05, 4.69) is 0 Å². The first kappa shape index (κ1) is 7.29. The molecule has 0 bridgehead atoms. The number of amides is 1. The van der Waals surface area contributed by atoms with Crippen molar-refractivity contribution < 1.29 is 15.1 Å². The Morgan fingerprint density at radius 3 is 2.65 bits per heavy atom. The molecule has 1 heterocycles. The van der Waals surface area contributed by atoms with Gasteiger partial charge in [0.1, 0.15) is 0 Å². The third-order valence-electron chi connectivity index (χ3n) is 2.63. The molecule has 1 unspecified atom stereocenters. The lowest BCUT2D eigenvalue weighted by molar-refractivity contribution is -0.130. The average molecular weight is 231 g/mol. The van der Waals surface area contributed by atoms with Gasteiger partial charge in [0.05, 0.1) is 0 Å². The van der Waals surface area contributed by atoms with Gasteiger partial charge in [0.25, 0.3) is 0 Å². The van der Waals surface area contributed by atoms with Gasteiger partial charge in [0.2, 0.25) is 5.91 Å². The zero-order valence-electron chi connectivity index (χ0n) is 13.2. The Morgan fingerprint density at radius 1 is 1.53 bits per heavy atom. The molecule has 1 aromatic rings. The van der Waals surface area contributed by atoms with Crippen molar-refractivity contribution in [2.75, 3.05) is 13.5 Å². The van der Waals surface area contributed by atoms with E-state index in [1.807, 2.05) is 5.92 Å². The predicted molar refractivity (Wildman–Crippen MR) is 64.3 cm³/mol. The zero-order chi connectivity index (χ0) is 16.1. The number of benzene rings is 1. The van der Waals surface area contributed by atoms with E-state index in [0.29, 0.717) is 4.90 Å². The third-order valence-corrected chi connectivity index (χ3v) is 2.63. The molecule has 1 aliphatic heterocycles. The molecule has 1 saturated heterocycles. The maximum Gasteiger partial charge on any atom is 0.248 e. The van der Waals surface area contributed by atoms with Crippen LogP contribution < -0.4 is 0 Å². The molecule has 86 valence electrons. The molecular weight excluding hydrogens is 214 g/mol. The summed E-state index contributed by atoms with van der Waals surface area (Å²) in [4.78, 5) is 25.6. The monoisotopic (exact) mass is 231 g/mol. The smallest absolute Gasteiger partial charge is 0.248 e. The molecule has 0 N–H and O–H groups in total. The van der Waals surface area contributed by atoms with Crippen molar-refractivity contribution in [1.82, 2.24) is 4.90 Å². The van der Waals surface area contributed by atoms with Crippen LogP contribution in [0, 0.1) is 17.8 Å². The SMILES string of the molecule is [2H]C1([2H])N(C)C(=O)C(C#C)(C(=O)c2ccccc2)C1([2H])[2H]. The van der Waals surface area contributed by atoms with Crippen LogP contribution in [0.25, 0.3) is 0 Å². The summed E-state index contributed by atoms with van der Waals surface area (Å²) in [6, 6.07) is 7.61. The fourth-order valence-electron chi connectivity index (χ4n) is 1.65. The number of carbonyl (C=O) groups excluding carboxylic acids is 2. The molecule has 1 aliphatic rings. The van der Waals surface area contributed by atoms with Crippen molar-refractivity contribution in [3.05, 3.63) is 35.9 Å². The molecule has 0 saturated carbocycles. The van der Waals surface area contributed by atoms with E-state index in [1.54, 1.807) is 18.2 Å². The standard InChI is InChI=1S/C14H13NO2/c1-3-14(9-10-15(2)13(14)17)12(16)11-7-5-4-6-8-11/h1,4-8H,9-10H2,2H3/i9D2,10D2. The van der Waals surface area contributed by atoms with Gasteiger partial charge in [0, 0.05) is 24.6 Å². The Hall–Kier alpha value is -2.08. The second-order valence-corrected chi connectivity index (χ2v) is 3.69. The van der Waals surface area contributed by atoms with E-state index in [4.69, 9.17) is 11.9 Å². The number of carbonyl (C=O) groups is 2. The highest BCUT2D eigenvalue weighted by Crippen LogP contribution is 2.34. The van der Waals surface area contributed by atoms with Crippen molar-refractivity contribution >= 4 is 11.7 Å². The van der Waals surface area contributed by atoms with E-state index < -0.39 is 30.0 Å². The van der Waals surface area contributed by atoms with Gasteiger partial charge in [-0.2, -0.15) is 0 Å². The Kier molecular flexibility index (Phi) is 1.74. The number of hydrogen-bond donors (Lipinski definition) is 0. The van der Waals surface area contributed by atoms with Crippen LogP contribution in [-0.2, 0) is 4.79 Å². The lowest BCUT2D eigenvalue weighted by Gasteiger charge is -2.19. The number of ketones is 1. The second kappa shape index (κ2) is 4.06. The summed E-state index contributed by atoms with van der Waals surface area (Å²) in [6.07, 6.45) is 2.48. The number of hydrogen-bond acceptors (Lipinski definition) is 2. The Balaban J connectivity index is 2.70. The molecule has 1 aromatic carbocycles.